The van der Waals surface area contributed by atoms with Gasteiger partial charge in [-0.1, -0.05) is 38.6 Å². The Morgan fingerprint density at radius 2 is 2.00 bits per heavy atom. The number of hydrogen-bond acceptors (Lipinski definition) is 3. The van der Waals surface area contributed by atoms with Crippen molar-refractivity contribution >= 4 is 5.78 Å². The van der Waals surface area contributed by atoms with E-state index in [9.17, 15) is 4.79 Å². The third kappa shape index (κ3) is 5.64. The van der Waals surface area contributed by atoms with Crippen LogP contribution in [0.3, 0.4) is 0 Å². The second-order valence-corrected chi connectivity index (χ2v) is 5.60. The molecule has 0 aliphatic heterocycles. The monoisotopic (exact) mass is 304 g/mol. The molecule has 0 radical (unpaired) electrons. The van der Waals surface area contributed by atoms with Gasteiger partial charge in [-0.05, 0) is 50.8 Å². The predicted octanol–water partition coefficient (Wildman–Crippen LogP) is 4.56. The zero-order valence-corrected chi connectivity index (χ0v) is 14.0. The molecule has 2 atom stereocenters. The van der Waals surface area contributed by atoms with Gasteiger partial charge in [-0.2, -0.15) is 0 Å². The minimum Gasteiger partial charge on any atom is -0.490 e. The Labute approximate surface area is 134 Å². The van der Waals surface area contributed by atoms with E-state index < -0.39 is 5.60 Å². The normalized spacial score (nSPS) is 14.9. The van der Waals surface area contributed by atoms with Crippen molar-refractivity contribution in [2.75, 3.05) is 6.61 Å². The molecule has 0 saturated carbocycles. The number of benzene rings is 1. The van der Waals surface area contributed by atoms with Gasteiger partial charge in [0, 0.05) is 6.61 Å². The van der Waals surface area contributed by atoms with Crippen LogP contribution in [0.15, 0.2) is 43.0 Å². The highest BCUT2D eigenvalue weighted by molar-refractivity contribution is 5.96. The van der Waals surface area contributed by atoms with Crippen molar-refractivity contribution in [1.29, 1.82) is 0 Å². The van der Waals surface area contributed by atoms with E-state index in [1.54, 1.807) is 0 Å². The Hall–Kier alpha value is -1.61. The summed E-state index contributed by atoms with van der Waals surface area (Å²) in [6.45, 7) is 9.99. The maximum absolute atomic E-state index is 11.8. The molecule has 122 valence electrons. The molecular weight excluding hydrogens is 276 g/mol. The van der Waals surface area contributed by atoms with Gasteiger partial charge in [0.05, 0.1) is 6.10 Å². The van der Waals surface area contributed by atoms with Crippen molar-refractivity contribution in [3.63, 3.8) is 0 Å². The lowest BCUT2D eigenvalue weighted by atomic mass is 9.97. The SMILES string of the molecule is C=CC(=O)C(C)(CC)OCCCC(CC)Oc1ccccc1. The van der Waals surface area contributed by atoms with Gasteiger partial charge in [-0.3, -0.25) is 4.79 Å². The van der Waals surface area contributed by atoms with Crippen LogP contribution in [-0.2, 0) is 9.53 Å². The van der Waals surface area contributed by atoms with Gasteiger partial charge in [0.25, 0.3) is 0 Å². The van der Waals surface area contributed by atoms with Crippen LogP contribution in [0, 0.1) is 0 Å². The molecule has 1 aromatic carbocycles. The Morgan fingerprint density at radius 3 is 2.55 bits per heavy atom. The molecule has 0 amide bonds. The molecule has 0 aliphatic rings. The summed E-state index contributed by atoms with van der Waals surface area (Å²) < 4.78 is 11.8. The minimum atomic E-state index is -0.746. The van der Waals surface area contributed by atoms with Crippen molar-refractivity contribution in [2.24, 2.45) is 0 Å². The van der Waals surface area contributed by atoms with Crippen LogP contribution in [0.5, 0.6) is 5.75 Å². The summed E-state index contributed by atoms with van der Waals surface area (Å²) >= 11 is 0. The fourth-order valence-electron chi connectivity index (χ4n) is 2.21. The zero-order chi connectivity index (χ0) is 16.4. The van der Waals surface area contributed by atoms with Crippen molar-refractivity contribution < 1.29 is 14.3 Å². The number of para-hydroxylation sites is 1. The van der Waals surface area contributed by atoms with Gasteiger partial charge in [0.15, 0.2) is 5.78 Å². The molecule has 1 rings (SSSR count). The predicted molar refractivity (Wildman–Crippen MR) is 90.2 cm³/mol. The molecule has 0 fully saturated rings. The fourth-order valence-corrected chi connectivity index (χ4v) is 2.21. The molecule has 3 heteroatoms. The maximum Gasteiger partial charge on any atom is 0.186 e. The van der Waals surface area contributed by atoms with E-state index in [-0.39, 0.29) is 11.9 Å². The minimum absolute atomic E-state index is 0.0532. The largest absolute Gasteiger partial charge is 0.490 e. The first kappa shape index (κ1) is 18.4. The van der Waals surface area contributed by atoms with Crippen LogP contribution >= 0.6 is 0 Å². The molecule has 1 aromatic rings. The highest BCUT2D eigenvalue weighted by atomic mass is 16.5. The number of ether oxygens (including phenoxy) is 2. The number of carbonyl (C=O) groups excluding carboxylic acids is 1. The van der Waals surface area contributed by atoms with Crippen LogP contribution in [-0.4, -0.2) is 24.1 Å². The Morgan fingerprint density at radius 1 is 1.32 bits per heavy atom. The molecule has 0 N–H and O–H groups in total. The van der Waals surface area contributed by atoms with Gasteiger partial charge in [0.1, 0.15) is 11.4 Å². The first-order valence-electron chi connectivity index (χ1n) is 8.08. The Kier molecular flexibility index (Phi) is 7.89. The van der Waals surface area contributed by atoms with Crippen molar-refractivity contribution in [1.82, 2.24) is 0 Å². The van der Waals surface area contributed by atoms with Crippen LogP contribution in [0.2, 0.25) is 0 Å². The van der Waals surface area contributed by atoms with Gasteiger partial charge in [-0.25, -0.2) is 0 Å². The Bertz CT molecular complexity index is 455. The lowest BCUT2D eigenvalue weighted by Crippen LogP contribution is -2.37. The molecule has 22 heavy (non-hydrogen) atoms. The van der Waals surface area contributed by atoms with Crippen LogP contribution in [0.4, 0.5) is 0 Å². The molecule has 0 spiro atoms. The third-order valence-corrected chi connectivity index (χ3v) is 3.97. The molecule has 3 nitrogen and oxygen atoms in total. The lowest BCUT2D eigenvalue weighted by molar-refractivity contribution is -0.138. The first-order valence-corrected chi connectivity index (χ1v) is 8.08. The number of ketones is 1. The molecule has 0 aromatic heterocycles. The summed E-state index contributed by atoms with van der Waals surface area (Å²) in [5.41, 5.74) is -0.746. The summed E-state index contributed by atoms with van der Waals surface area (Å²) in [5, 5.41) is 0. The van der Waals surface area contributed by atoms with Crippen LogP contribution in [0.25, 0.3) is 0 Å². The van der Waals surface area contributed by atoms with Crippen LogP contribution < -0.4 is 4.74 Å². The molecule has 0 aliphatic carbocycles. The van der Waals surface area contributed by atoms with E-state index in [0.717, 1.165) is 25.0 Å². The maximum atomic E-state index is 11.8. The lowest BCUT2D eigenvalue weighted by Gasteiger charge is -2.26. The van der Waals surface area contributed by atoms with Gasteiger partial charge >= 0.3 is 0 Å². The van der Waals surface area contributed by atoms with E-state index in [0.29, 0.717) is 13.0 Å². The number of hydrogen-bond donors (Lipinski definition) is 0. The van der Waals surface area contributed by atoms with Crippen molar-refractivity contribution in [2.45, 2.75) is 58.2 Å². The van der Waals surface area contributed by atoms with Gasteiger partial charge in [-0.15, -0.1) is 0 Å². The Balaban J connectivity index is 2.38. The first-order chi connectivity index (χ1) is 10.6. The summed E-state index contributed by atoms with van der Waals surface area (Å²) in [7, 11) is 0. The second-order valence-electron chi connectivity index (χ2n) is 5.60. The van der Waals surface area contributed by atoms with Crippen LogP contribution in [0.1, 0.15) is 46.5 Å². The smallest absolute Gasteiger partial charge is 0.186 e. The second kappa shape index (κ2) is 9.42. The molecule has 0 saturated heterocycles. The number of carbonyl (C=O) groups is 1. The average Bonchev–Trinajstić information content (AvgIpc) is 2.57. The summed E-state index contributed by atoms with van der Waals surface area (Å²) in [6.07, 6.45) is 4.89. The molecule has 0 heterocycles. The summed E-state index contributed by atoms with van der Waals surface area (Å²) in [5.74, 6) is 0.845. The zero-order valence-electron chi connectivity index (χ0n) is 14.0. The number of rotatable bonds is 11. The topological polar surface area (TPSA) is 35.5 Å². The third-order valence-electron chi connectivity index (χ3n) is 3.97. The molecule has 0 bridgehead atoms. The van der Waals surface area contributed by atoms with E-state index in [4.69, 9.17) is 9.47 Å². The average molecular weight is 304 g/mol. The summed E-state index contributed by atoms with van der Waals surface area (Å²) in [6, 6.07) is 9.85. The highest BCUT2D eigenvalue weighted by Crippen LogP contribution is 2.19. The highest BCUT2D eigenvalue weighted by Gasteiger charge is 2.29. The summed E-state index contributed by atoms with van der Waals surface area (Å²) in [4.78, 5) is 11.8. The van der Waals surface area contributed by atoms with E-state index in [1.165, 1.54) is 6.08 Å². The van der Waals surface area contributed by atoms with Crippen molar-refractivity contribution in [3.8, 4) is 5.75 Å². The fraction of sp³-hybridized carbons (Fsp3) is 0.526. The van der Waals surface area contributed by atoms with Gasteiger partial charge < -0.3 is 9.47 Å². The standard InChI is InChI=1S/C19H28O3/c1-5-16(22-17-12-9-8-10-13-17)14-11-15-21-19(4,7-3)18(20)6-2/h6,8-10,12-13,16H,2,5,7,11,14-15H2,1,3-4H3. The molecular formula is C19H28O3. The van der Waals surface area contributed by atoms with E-state index in [2.05, 4.69) is 13.5 Å². The molecule has 2 unspecified atom stereocenters. The van der Waals surface area contributed by atoms with E-state index >= 15 is 0 Å². The quantitative estimate of drug-likeness (QED) is 0.444. The van der Waals surface area contributed by atoms with Crippen molar-refractivity contribution in [3.05, 3.63) is 43.0 Å². The van der Waals surface area contributed by atoms with E-state index in [1.807, 2.05) is 44.2 Å². The van der Waals surface area contributed by atoms with Gasteiger partial charge in [0.2, 0.25) is 0 Å².